The van der Waals surface area contributed by atoms with Crippen molar-refractivity contribution in [3.8, 4) is 0 Å². The monoisotopic (exact) mass is 276 g/mol. The molecule has 0 bridgehead atoms. The van der Waals surface area contributed by atoms with E-state index in [4.69, 9.17) is 0 Å². The van der Waals surface area contributed by atoms with E-state index in [1.54, 1.807) is 0 Å². The maximum Gasteiger partial charge on any atom is 1.00 e. The molecular formula is C17H33LiO2. The second kappa shape index (κ2) is 10.7. The number of rotatable bonds is 10. The number of carboxylic acids is 1. The number of unbranched alkanes of at least 4 members (excludes halogenated alkanes) is 7. The van der Waals surface area contributed by atoms with Crippen LogP contribution in [-0.2, 0) is 4.79 Å². The molecule has 0 aromatic rings. The Morgan fingerprint density at radius 2 is 1.25 bits per heavy atom. The van der Waals surface area contributed by atoms with Crippen LogP contribution in [0.3, 0.4) is 0 Å². The molecule has 0 rings (SSSR count). The summed E-state index contributed by atoms with van der Waals surface area (Å²) in [5, 5.41) is 11.4. The van der Waals surface area contributed by atoms with E-state index in [2.05, 4.69) is 6.92 Å². The number of hydrogen-bond donors (Lipinski definition) is 0. The third-order valence-electron chi connectivity index (χ3n) is 4.64. The minimum absolute atomic E-state index is 0. The van der Waals surface area contributed by atoms with Crippen molar-refractivity contribution in [1.29, 1.82) is 0 Å². The molecule has 1 unspecified atom stereocenters. The predicted octanol–water partition coefficient (Wildman–Crippen LogP) is 1.32. The molecule has 0 saturated carbocycles. The molecule has 0 saturated heterocycles. The van der Waals surface area contributed by atoms with Crippen molar-refractivity contribution in [3.63, 3.8) is 0 Å². The number of carboxylic acid groups (broad SMARTS) is 1. The fourth-order valence-corrected chi connectivity index (χ4v) is 2.40. The van der Waals surface area contributed by atoms with Gasteiger partial charge in [0.2, 0.25) is 0 Å². The predicted molar refractivity (Wildman–Crippen MR) is 79.8 cm³/mol. The van der Waals surface area contributed by atoms with Gasteiger partial charge in [0, 0.05) is 11.4 Å². The molecule has 0 amide bonds. The second-order valence-electron chi connectivity index (χ2n) is 7.09. The summed E-state index contributed by atoms with van der Waals surface area (Å²) in [6, 6.07) is 0. The molecule has 0 spiro atoms. The Kier molecular flexibility index (Phi) is 12.0. The molecule has 20 heavy (non-hydrogen) atoms. The maximum atomic E-state index is 11.4. The molecule has 0 aliphatic heterocycles. The normalized spacial score (nSPS) is 14.4. The summed E-state index contributed by atoms with van der Waals surface area (Å²) in [6.45, 7) is 10.0. The summed E-state index contributed by atoms with van der Waals surface area (Å²) in [5.41, 5.74) is -0.956. The SMILES string of the molecule is CCCCCCCCCCC(C)(C(=O)[O-])C(C)(C)C.[Li+]. The van der Waals surface area contributed by atoms with E-state index >= 15 is 0 Å². The van der Waals surface area contributed by atoms with Crippen molar-refractivity contribution < 1.29 is 28.8 Å². The molecule has 0 aromatic heterocycles. The standard InChI is InChI=1S/C17H34O2.Li/c1-6-7-8-9-10-11-12-13-14-17(5,15(18)19)16(2,3)4;/h6-14H2,1-5H3,(H,18,19);/q;+1/p-1. The van der Waals surface area contributed by atoms with Gasteiger partial charge in [-0.3, -0.25) is 0 Å². The van der Waals surface area contributed by atoms with E-state index in [9.17, 15) is 9.90 Å². The van der Waals surface area contributed by atoms with Crippen LogP contribution in [0.2, 0.25) is 0 Å². The van der Waals surface area contributed by atoms with Crippen LogP contribution >= 0.6 is 0 Å². The molecule has 0 aliphatic rings. The number of carbonyl (C=O) groups excluding carboxylic acids is 1. The zero-order chi connectivity index (χ0) is 14.9. The van der Waals surface area contributed by atoms with Gasteiger partial charge in [-0.25, -0.2) is 0 Å². The van der Waals surface area contributed by atoms with Crippen molar-refractivity contribution >= 4 is 5.97 Å². The first-order valence-electron chi connectivity index (χ1n) is 7.97. The van der Waals surface area contributed by atoms with Gasteiger partial charge in [0.15, 0.2) is 0 Å². The summed E-state index contributed by atoms with van der Waals surface area (Å²) in [5.74, 6) is -0.900. The topological polar surface area (TPSA) is 40.1 Å². The van der Waals surface area contributed by atoms with Crippen molar-refractivity contribution in [2.45, 2.75) is 92.4 Å². The van der Waals surface area contributed by atoms with Gasteiger partial charge in [-0.2, -0.15) is 0 Å². The third-order valence-corrected chi connectivity index (χ3v) is 4.64. The summed E-state index contributed by atoms with van der Waals surface area (Å²) < 4.78 is 0. The minimum atomic E-state index is -0.900. The molecule has 0 fully saturated rings. The van der Waals surface area contributed by atoms with Crippen LogP contribution in [0.4, 0.5) is 0 Å². The molecule has 2 nitrogen and oxygen atoms in total. The van der Waals surface area contributed by atoms with Crippen molar-refractivity contribution in [2.75, 3.05) is 0 Å². The number of carbonyl (C=O) groups is 1. The van der Waals surface area contributed by atoms with Gasteiger partial charge < -0.3 is 9.90 Å². The molecule has 0 aromatic carbocycles. The zero-order valence-electron chi connectivity index (χ0n) is 14.7. The van der Waals surface area contributed by atoms with Gasteiger partial charge in [-0.05, 0) is 11.8 Å². The van der Waals surface area contributed by atoms with Crippen LogP contribution in [0, 0.1) is 10.8 Å². The molecule has 0 N–H and O–H groups in total. The van der Waals surface area contributed by atoms with Gasteiger partial charge in [-0.1, -0.05) is 86.0 Å². The number of aliphatic carboxylic acids is 1. The van der Waals surface area contributed by atoms with Gasteiger partial charge in [0.05, 0.1) is 0 Å². The Morgan fingerprint density at radius 3 is 1.60 bits per heavy atom. The Labute approximate surface area is 138 Å². The average molecular weight is 276 g/mol. The summed E-state index contributed by atoms with van der Waals surface area (Å²) in [7, 11) is 0. The molecular weight excluding hydrogens is 243 g/mol. The first-order chi connectivity index (χ1) is 8.75. The van der Waals surface area contributed by atoms with Crippen molar-refractivity contribution in [2.24, 2.45) is 10.8 Å². The zero-order valence-corrected chi connectivity index (χ0v) is 14.7. The molecule has 0 radical (unpaired) electrons. The Balaban J connectivity index is 0. The van der Waals surface area contributed by atoms with Crippen molar-refractivity contribution in [1.82, 2.24) is 0 Å². The quantitative estimate of drug-likeness (QED) is 0.446. The summed E-state index contributed by atoms with van der Waals surface area (Å²) in [6.07, 6.45) is 10.7. The van der Waals surface area contributed by atoms with E-state index in [-0.39, 0.29) is 24.3 Å². The van der Waals surface area contributed by atoms with E-state index in [1.807, 2.05) is 27.7 Å². The van der Waals surface area contributed by atoms with Gasteiger partial charge in [-0.15, -0.1) is 0 Å². The van der Waals surface area contributed by atoms with E-state index in [0.717, 1.165) is 19.3 Å². The van der Waals surface area contributed by atoms with Gasteiger partial charge in [0.25, 0.3) is 0 Å². The maximum absolute atomic E-state index is 11.4. The third kappa shape index (κ3) is 7.75. The number of hydrogen-bond acceptors (Lipinski definition) is 2. The molecule has 0 heterocycles. The van der Waals surface area contributed by atoms with E-state index < -0.39 is 11.4 Å². The second-order valence-corrected chi connectivity index (χ2v) is 7.09. The van der Waals surface area contributed by atoms with Crippen LogP contribution in [-0.4, -0.2) is 5.97 Å². The van der Waals surface area contributed by atoms with E-state index in [0.29, 0.717) is 0 Å². The van der Waals surface area contributed by atoms with Gasteiger partial charge >= 0.3 is 18.9 Å². The fourth-order valence-electron chi connectivity index (χ4n) is 2.40. The summed E-state index contributed by atoms with van der Waals surface area (Å²) in [4.78, 5) is 11.4. The first-order valence-corrected chi connectivity index (χ1v) is 7.97. The van der Waals surface area contributed by atoms with Gasteiger partial charge in [0.1, 0.15) is 0 Å². The molecule has 1 atom stereocenters. The Hall–Kier alpha value is 0.0674. The molecule has 114 valence electrons. The first kappa shape index (κ1) is 22.4. The minimum Gasteiger partial charge on any atom is -0.550 e. The van der Waals surface area contributed by atoms with Crippen LogP contribution in [0.15, 0.2) is 0 Å². The Morgan fingerprint density at radius 1 is 0.850 bits per heavy atom. The average Bonchev–Trinajstić information content (AvgIpc) is 2.30. The Bertz CT molecular complexity index is 258. The van der Waals surface area contributed by atoms with E-state index in [1.165, 1.54) is 38.5 Å². The van der Waals surface area contributed by atoms with Crippen LogP contribution in [0.1, 0.15) is 92.4 Å². The van der Waals surface area contributed by atoms with Crippen LogP contribution in [0.5, 0.6) is 0 Å². The fraction of sp³-hybridized carbons (Fsp3) is 0.941. The van der Waals surface area contributed by atoms with Crippen LogP contribution in [0.25, 0.3) is 0 Å². The largest absolute Gasteiger partial charge is 1.00 e. The molecule has 3 heteroatoms. The van der Waals surface area contributed by atoms with Crippen molar-refractivity contribution in [3.05, 3.63) is 0 Å². The summed E-state index contributed by atoms with van der Waals surface area (Å²) >= 11 is 0. The van der Waals surface area contributed by atoms with Crippen LogP contribution < -0.4 is 24.0 Å². The molecule has 0 aliphatic carbocycles. The smallest absolute Gasteiger partial charge is 0.550 e.